The number of likely N-dealkylation sites (N-methyl/N-ethyl adjacent to an activating group) is 1. The fraction of sp³-hybridized carbons (Fsp3) is 0.588. The van der Waals surface area contributed by atoms with Crippen molar-refractivity contribution < 1.29 is 9.47 Å². The molecule has 1 atom stereocenters. The Morgan fingerprint density at radius 3 is 2.35 bits per heavy atom. The Morgan fingerprint density at radius 2 is 1.83 bits per heavy atom. The molecule has 0 bridgehead atoms. The molecule has 0 fully saturated rings. The first-order valence-corrected chi connectivity index (χ1v) is 8.03. The van der Waals surface area contributed by atoms with Gasteiger partial charge in [-0.3, -0.25) is 9.89 Å². The molecule has 1 aromatic carbocycles. The minimum absolute atomic E-state index is 0.439. The third-order valence-corrected chi connectivity index (χ3v) is 3.87. The van der Waals surface area contributed by atoms with Gasteiger partial charge in [0, 0.05) is 31.4 Å². The molecule has 0 aromatic heterocycles. The lowest BCUT2D eigenvalue weighted by Crippen LogP contribution is -2.43. The lowest BCUT2D eigenvalue weighted by atomic mass is 10.2. The molecule has 1 rings (SSSR count). The van der Waals surface area contributed by atoms with E-state index in [0.717, 1.165) is 31.3 Å². The predicted octanol–water partition coefficient (Wildman–Crippen LogP) is 2.42. The fourth-order valence-corrected chi connectivity index (χ4v) is 2.45. The van der Waals surface area contributed by atoms with E-state index in [1.165, 1.54) is 0 Å². The summed E-state index contributed by atoms with van der Waals surface area (Å²) in [6.07, 6.45) is 0. The number of hydrogen-bond donors (Lipinski definition) is 2. The molecular weight excluding hydrogens is 292 g/mol. The molecule has 130 valence electrons. The number of hydrogen-bond acceptors (Lipinski definition) is 4. The zero-order valence-electron chi connectivity index (χ0n) is 15.1. The van der Waals surface area contributed by atoms with Gasteiger partial charge < -0.3 is 20.1 Å². The maximum absolute atomic E-state index is 5.32. The van der Waals surface area contributed by atoms with Crippen molar-refractivity contribution in [3.63, 3.8) is 0 Å². The van der Waals surface area contributed by atoms with Crippen molar-refractivity contribution in [1.82, 2.24) is 10.2 Å². The first-order valence-electron chi connectivity index (χ1n) is 8.03. The molecule has 2 N–H and O–H groups in total. The third kappa shape index (κ3) is 5.63. The molecule has 0 saturated carbocycles. The standard InChI is InChI=1S/C17H30N4O2/c1-7-21(8-2)13(3)12-19-17(18-4)20-14-9-10-15(22-5)16(11-14)23-6/h9-11,13H,7-8,12H2,1-6H3,(H2,18,19,20). The first-order chi connectivity index (χ1) is 11.1. The maximum atomic E-state index is 5.32. The number of nitrogens with zero attached hydrogens (tertiary/aromatic N) is 2. The molecule has 1 aromatic rings. The molecule has 0 aliphatic rings. The molecule has 0 spiro atoms. The van der Waals surface area contributed by atoms with Crippen LogP contribution in [-0.2, 0) is 0 Å². The SMILES string of the molecule is CCN(CC)C(C)CNC(=NC)Nc1ccc(OC)c(OC)c1. The van der Waals surface area contributed by atoms with E-state index in [-0.39, 0.29) is 0 Å². The van der Waals surface area contributed by atoms with E-state index < -0.39 is 0 Å². The summed E-state index contributed by atoms with van der Waals surface area (Å²) in [5, 5.41) is 6.63. The molecule has 0 amide bonds. The first kappa shape index (κ1) is 19.1. The quantitative estimate of drug-likeness (QED) is 0.569. The Morgan fingerprint density at radius 1 is 1.17 bits per heavy atom. The smallest absolute Gasteiger partial charge is 0.195 e. The van der Waals surface area contributed by atoms with E-state index in [0.29, 0.717) is 17.5 Å². The fourth-order valence-electron chi connectivity index (χ4n) is 2.45. The molecule has 23 heavy (non-hydrogen) atoms. The number of aliphatic imine (C=N–C) groups is 1. The average molecular weight is 322 g/mol. The summed E-state index contributed by atoms with van der Waals surface area (Å²) in [7, 11) is 5.01. The molecular formula is C17H30N4O2. The number of anilines is 1. The monoisotopic (exact) mass is 322 g/mol. The highest BCUT2D eigenvalue weighted by atomic mass is 16.5. The minimum Gasteiger partial charge on any atom is -0.493 e. The summed E-state index contributed by atoms with van der Waals surface area (Å²) in [6.45, 7) is 9.48. The highest BCUT2D eigenvalue weighted by Gasteiger charge is 2.11. The van der Waals surface area contributed by atoms with Crippen LogP contribution in [0.2, 0.25) is 0 Å². The highest BCUT2D eigenvalue weighted by molar-refractivity contribution is 5.93. The van der Waals surface area contributed by atoms with Crippen molar-refractivity contribution in [2.45, 2.75) is 26.8 Å². The zero-order valence-corrected chi connectivity index (χ0v) is 15.1. The Balaban J connectivity index is 2.67. The van der Waals surface area contributed by atoms with E-state index in [9.17, 15) is 0 Å². The second-order valence-corrected chi connectivity index (χ2v) is 5.22. The third-order valence-electron chi connectivity index (χ3n) is 3.87. The topological polar surface area (TPSA) is 58.1 Å². The van der Waals surface area contributed by atoms with Crippen LogP contribution in [0.1, 0.15) is 20.8 Å². The van der Waals surface area contributed by atoms with Crippen LogP contribution < -0.4 is 20.1 Å². The van der Waals surface area contributed by atoms with Gasteiger partial charge in [0.25, 0.3) is 0 Å². The summed E-state index contributed by atoms with van der Waals surface area (Å²) >= 11 is 0. The number of benzene rings is 1. The number of ether oxygens (including phenoxy) is 2. The van der Waals surface area contributed by atoms with E-state index in [1.807, 2.05) is 18.2 Å². The van der Waals surface area contributed by atoms with E-state index >= 15 is 0 Å². The highest BCUT2D eigenvalue weighted by Crippen LogP contribution is 2.29. The van der Waals surface area contributed by atoms with Crippen molar-refractivity contribution in [2.75, 3.05) is 46.2 Å². The number of nitrogens with one attached hydrogen (secondary N) is 2. The average Bonchev–Trinajstić information content (AvgIpc) is 2.59. The van der Waals surface area contributed by atoms with Crippen molar-refractivity contribution in [1.29, 1.82) is 0 Å². The molecule has 0 saturated heterocycles. The summed E-state index contributed by atoms with van der Waals surface area (Å²) in [5.74, 6) is 2.12. The Kier molecular flexibility index (Phi) is 8.26. The van der Waals surface area contributed by atoms with Gasteiger partial charge in [-0.2, -0.15) is 0 Å². The van der Waals surface area contributed by atoms with Gasteiger partial charge in [0.1, 0.15) is 0 Å². The largest absolute Gasteiger partial charge is 0.493 e. The van der Waals surface area contributed by atoms with Crippen LogP contribution >= 0.6 is 0 Å². The minimum atomic E-state index is 0.439. The van der Waals surface area contributed by atoms with Crippen molar-refractivity contribution in [2.24, 2.45) is 4.99 Å². The van der Waals surface area contributed by atoms with Crippen molar-refractivity contribution in [3.8, 4) is 11.5 Å². The molecule has 0 aliphatic carbocycles. The lowest BCUT2D eigenvalue weighted by Gasteiger charge is -2.27. The summed E-state index contributed by atoms with van der Waals surface area (Å²) in [4.78, 5) is 6.67. The summed E-state index contributed by atoms with van der Waals surface area (Å²) in [5.41, 5.74) is 0.895. The van der Waals surface area contributed by atoms with Crippen LogP contribution in [0, 0.1) is 0 Å². The van der Waals surface area contributed by atoms with Gasteiger partial charge in [0.2, 0.25) is 0 Å². The van der Waals surface area contributed by atoms with E-state index in [4.69, 9.17) is 9.47 Å². The molecule has 0 heterocycles. The van der Waals surface area contributed by atoms with Gasteiger partial charge in [-0.15, -0.1) is 0 Å². The number of methoxy groups -OCH3 is 2. The van der Waals surface area contributed by atoms with Crippen LogP contribution in [0.5, 0.6) is 11.5 Å². The zero-order chi connectivity index (χ0) is 17.2. The van der Waals surface area contributed by atoms with E-state index in [2.05, 4.69) is 41.3 Å². The molecule has 6 nitrogen and oxygen atoms in total. The Labute approximate surface area is 139 Å². The molecule has 1 unspecified atom stereocenters. The van der Waals surface area contributed by atoms with Crippen LogP contribution in [0.25, 0.3) is 0 Å². The Hall–Kier alpha value is -1.95. The summed E-state index contributed by atoms with van der Waals surface area (Å²) in [6, 6.07) is 6.13. The van der Waals surface area contributed by atoms with Gasteiger partial charge in [0.15, 0.2) is 17.5 Å². The second-order valence-electron chi connectivity index (χ2n) is 5.22. The van der Waals surface area contributed by atoms with Crippen LogP contribution in [0.3, 0.4) is 0 Å². The number of guanidine groups is 1. The van der Waals surface area contributed by atoms with Crippen LogP contribution in [0.4, 0.5) is 5.69 Å². The van der Waals surface area contributed by atoms with E-state index in [1.54, 1.807) is 21.3 Å². The normalized spacial score (nSPS) is 12.9. The molecule has 0 aliphatic heterocycles. The number of rotatable bonds is 8. The van der Waals surface area contributed by atoms with Gasteiger partial charge in [-0.05, 0) is 32.1 Å². The van der Waals surface area contributed by atoms with Crippen molar-refractivity contribution in [3.05, 3.63) is 18.2 Å². The Bertz CT molecular complexity index is 501. The summed E-state index contributed by atoms with van der Waals surface area (Å²) < 4.78 is 10.6. The van der Waals surface area contributed by atoms with Crippen LogP contribution in [-0.4, -0.2) is 57.8 Å². The van der Waals surface area contributed by atoms with Gasteiger partial charge in [-0.25, -0.2) is 0 Å². The second kappa shape index (κ2) is 9.94. The lowest BCUT2D eigenvalue weighted by molar-refractivity contribution is 0.232. The van der Waals surface area contributed by atoms with Crippen LogP contribution in [0.15, 0.2) is 23.2 Å². The van der Waals surface area contributed by atoms with Gasteiger partial charge in [-0.1, -0.05) is 13.8 Å². The van der Waals surface area contributed by atoms with Gasteiger partial charge >= 0.3 is 0 Å². The van der Waals surface area contributed by atoms with Crippen molar-refractivity contribution >= 4 is 11.6 Å². The molecule has 6 heteroatoms. The van der Waals surface area contributed by atoms with Gasteiger partial charge in [0.05, 0.1) is 14.2 Å². The molecule has 0 radical (unpaired) electrons. The predicted molar refractivity (Wildman–Crippen MR) is 96.9 cm³/mol. The maximum Gasteiger partial charge on any atom is 0.195 e.